The van der Waals surface area contributed by atoms with Crippen molar-refractivity contribution in [1.82, 2.24) is 0 Å². The molecule has 0 saturated heterocycles. The number of hydrogen-bond donors (Lipinski definition) is 0. The molecule has 0 bridgehead atoms. The van der Waals surface area contributed by atoms with Crippen molar-refractivity contribution < 1.29 is 20.4 Å². The Labute approximate surface area is 398 Å². The van der Waals surface area contributed by atoms with Crippen molar-refractivity contribution in [3.63, 3.8) is 0 Å². The van der Waals surface area contributed by atoms with E-state index < -0.39 is 23.8 Å². The Morgan fingerprint density at radius 1 is 0.219 bits per heavy atom. The van der Waals surface area contributed by atoms with E-state index in [0.717, 1.165) is 0 Å². The van der Waals surface area contributed by atoms with Crippen LogP contribution in [0.3, 0.4) is 0 Å². The zero-order chi connectivity index (χ0) is 43.5. The summed E-state index contributed by atoms with van der Waals surface area (Å²) in [5.41, 5.74) is 3.66. The molecule has 0 aliphatic rings. The third kappa shape index (κ3) is 12.4. The van der Waals surface area contributed by atoms with Crippen LogP contribution < -0.4 is 47.7 Å². The van der Waals surface area contributed by atoms with E-state index in [4.69, 9.17) is 0 Å². The van der Waals surface area contributed by atoms with E-state index in [1.54, 1.807) is 0 Å². The average Bonchev–Trinajstić information content (AvgIpc) is 3.37. The molecule has 9 aromatic rings. The molecule has 0 aliphatic carbocycles. The molecule has 0 aliphatic heterocycles. The predicted molar refractivity (Wildman–Crippen MR) is 286 cm³/mol. The Hall–Kier alpha value is -5.85. The summed E-state index contributed by atoms with van der Waals surface area (Å²) in [5, 5.41) is 12.3. The molecule has 316 valence electrons. The minimum absolute atomic E-state index is 0. The van der Waals surface area contributed by atoms with Crippen LogP contribution in [0.1, 0.15) is 16.7 Å². The maximum atomic E-state index is 3.97. The number of benzene rings is 9. The minimum atomic E-state index is -0.544. The van der Waals surface area contributed by atoms with Gasteiger partial charge in [0.05, 0.1) is 0 Å². The van der Waals surface area contributed by atoms with Crippen LogP contribution in [-0.2, 0) is 20.4 Å². The van der Waals surface area contributed by atoms with Crippen LogP contribution in [0.5, 0.6) is 0 Å². The maximum Gasteiger partial charge on any atom is 0 e. The van der Waals surface area contributed by atoms with Gasteiger partial charge in [-0.1, -0.05) is 293 Å². The fraction of sp³-hybridized carbons (Fsp3) is 0. The second kappa shape index (κ2) is 25.4. The molecule has 0 amide bonds. The molecule has 0 spiro atoms. The summed E-state index contributed by atoms with van der Waals surface area (Å²) >= 11 is 0. The van der Waals surface area contributed by atoms with Crippen LogP contribution in [-0.4, -0.2) is 0 Å². The van der Waals surface area contributed by atoms with Gasteiger partial charge in [-0.2, -0.15) is 0 Å². The molecule has 9 rings (SSSR count). The van der Waals surface area contributed by atoms with Gasteiger partial charge in [-0.3, -0.25) is 0 Å². The molecule has 0 fully saturated rings. The molecular formula is C60H51P3Pd. The van der Waals surface area contributed by atoms with Crippen LogP contribution >= 0.6 is 23.8 Å². The SMILES string of the molecule is C=Cc1ccccc1P(c1ccccc1)c1ccccc1.C=Cc1ccccc1P(c1ccccc1)c1ccccc1.C=Cc1ccccc1P(c1ccccc1)c1ccccc1.[Pd]. The third-order valence-corrected chi connectivity index (χ3v) is 17.8. The molecule has 0 saturated carbocycles. The largest absolute Gasteiger partial charge is 0.0984 e. The Morgan fingerprint density at radius 2 is 0.375 bits per heavy atom. The molecule has 64 heavy (non-hydrogen) atoms. The molecule has 4 heteroatoms. The first-order valence-electron chi connectivity index (χ1n) is 21.0. The van der Waals surface area contributed by atoms with Gasteiger partial charge < -0.3 is 0 Å². The molecule has 0 heterocycles. The number of rotatable bonds is 12. The van der Waals surface area contributed by atoms with Gasteiger partial charge >= 0.3 is 0 Å². The fourth-order valence-electron chi connectivity index (χ4n) is 7.34. The topological polar surface area (TPSA) is 0 Å². The van der Waals surface area contributed by atoms with Crippen LogP contribution in [0.15, 0.2) is 275 Å². The summed E-state index contributed by atoms with van der Waals surface area (Å²) in [4.78, 5) is 0. The second-order valence-electron chi connectivity index (χ2n) is 14.3. The van der Waals surface area contributed by atoms with E-state index in [-0.39, 0.29) is 20.4 Å². The van der Waals surface area contributed by atoms with Crippen molar-refractivity contribution in [1.29, 1.82) is 0 Å². The first-order valence-corrected chi connectivity index (χ1v) is 25.1. The average molecular weight is 971 g/mol. The van der Waals surface area contributed by atoms with Crippen molar-refractivity contribution >= 4 is 89.7 Å². The maximum absolute atomic E-state index is 3.97. The van der Waals surface area contributed by atoms with Gasteiger partial charge in [0, 0.05) is 20.4 Å². The zero-order valence-corrected chi connectivity index (χ0v) is 40.0. The third-order valence-electron chi connectivity index (χ3n) is 10.3. The Balaban J connectivity index is 0.000000158. The molecule has 0 atom stereocenters. The Kier molecular flexibility index (Phi) is 18.9. The van der Waals surface area contributed by atoms with Crippen molar-refractivity contribution in [2.45, 2.75) is 0 Å². The molecular weight excluding hydrogens is 920 g/mol. The van der Waals surface area contributed by atoms with Crippen molar-refractivity contribution in [3.8, 4) is 0 Å². The van der Waals surface area contributed by atoms with Gasteiger partial charge in [-0.25, -0.2) is 0 Å². The van der Waals surface area contributed by atoms with E-state index in [2.05, 4.69) is 275 Å². The summed E-state index contributed by atoms with van der Waals surface area (Å²) < 4.78 is 0. The minimum Gasteiger partial charge on any atom is -0.0984 e. The van der Waals surface area contributed by atoms with Gasteiger partial charge in [0.2, 0.25) is 0 Å². The standard InChI is InChI=1S/3C20H17P.Pd/c3*1-2-17-11-9-10-16-20(17)21(18-12-5-3-6-13-18)19-14-7-4-8-15-19;/h3*2-16H,1H2;. The Bertz CT molecular complexity index is 2350. The molecule has 0 aromatic heterocycles. The van der Waals surface area contributed by atoms with Crippen LogP contribution in [0.2, 0.25) is 0 Å². The fourth-order valence-corrected chi connectivity index (χ4v) is 14.7. The van der Waals surface area contributed by atoms with E-state index in [9.17, 15) is 0 Å². The first-order chi connectivity index (χ1) is 31.2. The van der Waals surface area contributed by atoms with Gasteiger partial charge in [0.25, 0.3) is 0 Å². The second-order valence-corrected chi connectivity index (χ2v) is 20.9. The van der Waals surface area contributed by atoms with Crippen LogP contribution in [0.25, 0.3) is 18.2 Å². The van der Waals surface area contributed by atoms with Gasteiger partial charge in [0.15, 0.2) is 0 Å². The Morgan fingerprint density at radius 3 is 0.547 bits per heavy atom. The van der Waals surface area contributed by atoms with Gasteiger partial charge in [-0.15, -0.1) is 0 Å². The quantitative estimate of drug-likeness (QED) is 0.0845. The summed E-state index contributed by atoms with van der Waals surface area (Å²) in [6, 6.07) is 90.1. The van der Waals surface area contributed by atoms with Crippen molar-refractivity contribution in [2.75, 3.05) is 0 Å². The van der Waals surface area contributed by atoms with E-state index in [1.165, 1.54) is 64.4 Å². The summed E-state index contributed by atoms with van der Waals surface area (Å²) in [6.45, 7) is 11.9. The van der Waals surface area contributed by atoms with E-state index in [1.807, 2.05) is 18.2 Å². The molecule has 9 aromatic carbocycles. The monoisotopic (exact) mass is 970 g/mol. The zero-order valence-electron chi connectivity index (χ0n) is 35.8. The molecule has 0 nitrogen and oxygen atoms in total. The molecule has 0 unspecified atom stereocenters. The smallest absolute Gasteiger partial charge is 0 e. The van der Waals surface area contributed by atoms with Gasteiger partial charge in [-0.05, 0) is 88.2 Å². The van der Waals surface area contributed by atoms with Crippen molar-refractivity contribution in [3.05, 3.63) is 291 Å². The normalized spacial score (nSPS) is 10.4. The summed E-state index contributed by atoms with van der Waals surface area (Å²) in [6.07, 6.45) is 5.86. The van der Waals surface area contributed by atoms with E-state index >= 15 is 0 Å². The van der Waals surface area contributed by atoms with Crippen LogP contribution in [0, 0.1) is 0 Å². The number of hydrogen-bond acceptors (Lipinski definition) is 0. The van der Waals surface area contributed by atoms with Crippen LogP contribution in [0.4, 0.5) is 0 Å². The van der Waals surface area contributed by atoms with Gasteiger partial charge in [0.1, 0.15) is 0 Å². The first kappa shape index (κ1) is 47.6. The summed E-state index contributed by atoms with van der Waals surface area (Å²) in [7, 11) is -1.63. The van der Waals surface area contributed by atoms with Crippen molar-refractivity contribution in [2.24, 2.45) is 0 Å². The predicted octanol–water partition coefficient (Wildman–Crippen LogP) is 12.3. The molecule has 0 N–H and O–H groups in total. The summed E-state index contributed by atoms with van der Waals surface area (Å²) in [5.74, 6) is 0. The molecule has 0 radical (unpaired) electrons. The van der Waals surface area contributed by atoms with E-state index in [0.29, 0.717) is 0 Å².